The summed E-state index contributed by atoms with van der Waals surface area (Å²) in [6.07, 6.45) is -3.28. The zero-order chi connectivity index (χ0) is 20.1. The molecule has 0 saturated heterocycles. The van der Waals surface area contributed by atoms with Crippen molar-refractivity contribution in [3.63, 3.8) is 0 Å². The molecule has 3 aromatic rings. The molecular weight excluding hydrogens is 371 g/mol. The fourth-order valence-corrected chi connectivity index (χ4v) is 2.48. The summed E-state index contributed by atoms with van der Waals surface area (Å²) < 4.78 is 44.2. The molecule has 1 amide bonds. The van der Waals surface area contributed by atoms with E-state index in [9.17, 15) is 18.0 Å². The molecule has 0 bridgehead atoms. The molecule has 1 aromatic heterocycles. The van der Waals surface area contributed by atoms with Crippen LogP contribution in [0.4, 0.5) is 30.4 Å². The van der Waals surface area contributed by atoms with E-state index in [0.29, 0.717) is 11.6 Å². The zero-order valence-corrected chi connectivity index (χ0v) is 14.7. The van der Waals surface area contributed by atoms with Crippen LogP contribution in [0.2, 0.25) is 0 Å². The molecule has 0 atom stereocenters. The topological polar surface area (TPSA) is 63.2 Å². The van der Waals surface area contributed by atoms with Crippen molar-refractivity contribution >= 4 is 23.1 Å². The van der Waals surface area contributed by atoms with E-state index in [0.717, 1.165) is 11.8 Å². The largest absolute Gasteiger partial charge is 0.497 e. The fourth-order valence-electron chi connectivity index (χ4n) is 2.48. The molecule has 2 N–H and O–H groups in total. The van der Waals surface area contributed by atoms with Crippen LogP contribution in [-0.2, 0) is 6.18 Å². The minimum absolute atomic E-state index is 0.133. The molecule has 0 aliphatic rings. The monoisotopic (exact) mass is 387 g/mol. The predicted molar refractivity (Wildman–Crippen MR) is 99.9 cm³/mol. The van der Waals surface area contributed by atoms with Crippen LogP contribution >= 0.6 is 0 Å². The van der Waals surface area contributed by atoms with Gasteiger partial charge in [-0.25, -0.2) is 4.98 Å². The van der Waals surface area contributed by atoms with Gasteiger partial charge in [-0.1, -0.05) is 18.2 Å². The van der Waals surface area contributed by atoms with Crippen LogP contribution in [0.3, 0.4) is 0 Å². The number of rotatable bonds is 5. The number of halogens is 3. The van der Waals surface area contributed by atoms with Crippen molar-refractivity contribution in [2.24, 2.45) is 0 Å². The van der Waals surface area contributed by atoms with Crippen LogP contribution in [0.15, 0.2) is 66.9 Å². The smallest absolute Gasteiger partial charge is 0.418 e. The maximum Gasteiger partial charge on any atom is 0.418 e. The van der Waals surface area contributed by atoms with Gasteiger partial charge >= 0.3 is 6.18 Å². The second-order valence-corrected chi connectivity index (χ2v) is 5.79. The van der Waals surface area contributed by atoms with Crippen LogP contribution in [-0.4, -0.2) is 18.0 Å². The highest BCUT2D eigenvalue weighted by Crippen LogP contribution is 2.34. The number of alkyl halides is 3. The van der Waals surface area contributed by atoms with Crippen molar-refractivity contribution in [2.45, 2.75) is 6.18 Å². The summed E-state index contributed by atoms with van der Waals surface area (Å²) >= 11 is 0. The number of nitrogens with one attached hydrogen (secondary N) is 2. The number of pyridine rings is 1. The van der Waals surface area contributed by atoms with Gasteiger partial charge in [0.1, 0.15) is 11.6 Å². The summed E-state index contributed by atoms with van der Waals surface area (Å²) in [5, 5.41) is 5.33. The minimum atomic E-state index is -4.56. The molecule has 3 rings (SSSR count). The molecule has 144 valence electrons. The van der Waals surface area contributed by atoms with Crippen LogP contribution < -0.4 is 15.4 Å². The van der Waals surface area contributed by atoms with Crippen LogP contribution in [0.1, 0.15) is 15.9 Å². The SMILES string of the molecule is COc1cccc(Nc2ccc(C(=O)Nc3ccccc3C(F)(F)F)cn2)c1. The summed E-state index contributed by atoms with van der Waals surface area (Å²) in [6, 6.07) is 15.0. The molecule has 0 unspecified atom stereocenters. The lowest BCUT2D eigenvalue weighted by atomic mass is 10.1. The van der Waals surface area contributed by atoms with Crippen LogP contribution in [0, 0.1) is 0 Å². The van der Waals surface area contributed by atoms with Crippen molar-refractivity contribution in [2.75, 3.05) is 17.7 Å². The number of benzene rings is 2. The summed E-state index contributed by atoms with van der Waals surface area (Å²) in [7, 11) is 1.56. The van der Waals surface area contributed by atoms with Crippen molar-refractivity contribution in [3.8, 4) is 5.75 Å². The summed E-state index contributed by atoms with van der Waals surface area (Å²) in [5.41, 5.74) is -0.345. The third-order valence-corrected chi connectivity index (χ3v) is 3.85. The number of ether oxygens (including phenoxy) is 1. The Morgan fingerprint density at radius 1 is 1.04 bits per heavy atom. The Bertz CT molecular complexity index is 973. The van der Waals surface area contributed by atoms with E-state index >= 15 is 0 Å². The highest BCUT2D eigenvalue weighted by Gasteiger charge is 2.33. The third-order valence-electron chi connectivity index (χ3n) is 3.85. The maximum absolute atomic E-state index is 13.0. The first kappa shape index (κ1) is 19.2. The van der Waals surface area contributed by atoms with E-state index in [1.54, 1.807) is 31.4 Å². The Morgan fingerprint density at radius 3 is 2.50 bits per heavy atom. The Balaban J connectivity index is 1.72. The molecule has 0 aliphatic heterocycles. The lowest BCUT2D eigenvalue weighted by molar-refractivity contribution is -0.136. The Morgan fingerprint density at radius 2 is 1.82 bits per heavy atom. The first-order valence-corrected chi connectivity index (χ1v) is 8.21. The number of anilines is 3. The number of hydrogen-bond acceptors (Lipinski definition) is 4. The molecule has 0 radical (unpaired) electrons. The van der Waals surface area contributed by atoms with Gasteiger partial charge in [0.05, 0.1) is 23.9 Å². The Hall–Kier alpha value is -3.55. The molecule has 1 heterocycles. The molecule has 0 fully saturated rings. The molecule has 8 heteroatoms. The van der Waals surface area contributed by atoms with Gasteiger partial charge < -0.3 is 15.4 Å². The van der Waals surface area contributed by atoms with Gasteiger partial charge in [0, 0.05) is 18.0 Å². The molecule has 2 aromatic carbocycles. The standard InChI is InChI=1S/C20H16F3N3O2/c1-28-15-6-4-5-14(11-15)25-18-10-9-13(12-24-18)19(27)26-17-8-3-2-7-16(17)20(21,22)23/h2-12H,1H3,(H,24,25)(H,26,27). The quantitative estimate of drug-likeness (QED) is 0.639. The van der Waals surface area contributed by atoms with E-state index in [-0.39, 0.29) is 11.3 Å². The highest BCUT2D eigenvalue weighted by atomic mass is 19.4. The highest BCUT2D eigenvalue weighted by molar-refractivity contribution is 6.04. The zero-order valence-electron chi connectivity index (χ0n) is 14.7. The van der Waals surface area contributed by atoms with E-state index in [2.05, 4.69) is 15.6 Å². The lowest BCUT2D eigenvalue weighted by Gasteiger charge is -2.13. The first-order valence-electron chi connectivity index (χ1n) is 8.21. The van der Waals surface area contributed by atoms with Crippen LogP contribution in [0.25, 0.3) is 0 Å². The number of hydrogen-bond donors (Lipinski definition) is 2. The van der Waals surface area contributed by atoms with Crippen molar-refractivity contribution in [1.82, 2.24) is 4.98 Å². The van der Waals surface area contributed by atoms with E-state index in [1.807, 2.05) is 6.07 Å². The van der Waals surface area contributed by atoms with Crippen molar-refractivity contribution < 1.29 is 22.7 Å². The van der Waals surface area contributed by atoms with Gasteiger partial charge in [-0.05, 0) is 36.4 Å². The number of carbonyl (C=O) groups is 1. The van der Waals surface area contributed by atoms with Gasteiger partial charge in [0.15, 0.2) is 0 Å². The third kappa shape index (κ3) is 4.59. The number of aromatic nitrogens is 1. The first-order chi connectivity index (χ1) is 13.4. The Kier molecular flexibility index (Phi) is 5.49. The van der Waals surface area contributed by atoms with Gasteiger partial charge in [-0.3, -0.25) is 4.79 Å². The fraction of sp³-hybridized carbons (Fsp3) is 0.100. The van der Waals surface area contributed by atoms with Crippen molar-refractivity contribution in [3.05, 3.63) is 78.0 Å². The molecular formula is C20H16F3N3O2. The number of carbonyl (C=O) groups excluding carboxylic acids is 1. The van der Waals surface area contributed by atoms with Gasteiger partial charge in [-0.15, -0.1) is 0 Å². The van der Waals surface area contributed by atoms with E-state index in [4.69, 9.17) is 4.74 Å². The normalized spacial score (nSPS) is 11.0. The summed E-state index contributed by atoms with van der Waals surface area (Å²) in [5.74, 6) is 0.460. The summed E-state index contributed by atoms with van der Waals surface area (Å²) in [4.78, 5) is 16.4. The summed E-state index contributed by atoms with van der Waals surface area (Å²) in [6.45, 7) is 0. The maximum atomic E-state index is 13.0. The van der Waals surface area contributed by atoms with E-state index < -0.39 is 17.6 Å². The van der Waals surface area contributed by atoms with Gasteiger partial charge in [0.25, 0.3) is 5.91 Å². The van der Waals surface area contributed by atoms with Gasteiger partial charge in [0.2, 0.25) is 0 Å². The molecule has 0 spiro atoms. The number of para-hydroxylation sites is 1. The number of amides is 1. The second-order valence-electron chi connectivity index (χ2n) is 5.79. The Labute approximate surface area is 159 Å². The molecule has 28 heavy (non-hydrogen) atoms. The minimum Gasteiger partial charge on any atom is -0.497 e. The van der Waals surface area contributed by atoms with Crippen LogP contribution in [0.5, 0.6) is 5.75 Å². The lowest BCUT2D eigenvalue weighted by Crippen LogP contribution is -2.16. The average molecular weight is 387 g/mol. The number of methoxy groups -OCH3 is 1. The molecule has 0 saturated carbocycles. The molecule has 5 nitrogen and oxygen atoms in total. The predicted octanol–water partition coefficient (Wildman–Crippen LogP) is 5.10. The average Bonchev–Trinajstić information content (AvgIpc) is 2.68. The van der Waals surface area contributed by atoms with Gasteiger partial charge in [-0.2, -0.15) is 13.2 Å². The van der Waals surface area contributed by atoms with E-state index in [1.165, 1.54) is 30.5 Å². The second kappa shape index (κ2) is 7.99. The number of nitrogens with zero attached hydrogens (tertiary/aromatic N) is 1. The molecule has 0 aliphatic carbocycles. The van der Waals surface area contributed by atoms with Crippen molar-refractivity contribution in [1.29, 1.82) is 0 Å².